The third-order valence-corrected chi connectivity index (χ3v) is 5.32. The minimum atomic E-state index is -0.0465. The van der Waals surface area contributed by atoms with Gasteiger partial charge in [-0.25, -0.2) is 0 Å². The molecule has 0 radical (unpaired) electrons. The maximum atomic E-state index is 12.6. The van der Waals surface area contributed by atoms with Crippen molar-refractivity contribution in [2.45, 2.75) is 44.9 Å². The van der Waals surface area contributed by atoms with Crippen LogP contribution in [-0.2, 0) is 9.59 Å². The zero-order chi connectivity index (χ0) is 16.9. The van der Waals surface area contributed by atoms with Crippen molar-refractivity contribution in [2.24, 2.45) is 11.8 Å². The van der Waals surface area contributed by atoms with Crippen LogP contribution in [0.5, 0.6) is 0 Å². The van der Waals surface area contributed by atoms with E-state index in [1.165, 1.54) is 5.56 Å². The van der Waals surface area contributed by atoms with E-state index in [0.29, 0.717) is 19.0 Å². The zero-order valence-corrected chi connectivity index (χ0v) is 14.5. The van der Waals surface area contributed by atoms with Crippen molar-refractivity contribution in [2.75, 3.05) is 19.6 Å². The second kappa shape index (κ2) is 7.82. The maximum Gasteiger partial charge on any atom is 0.225 e. The SMILES string of the molecule is CCC(CNC(=O)C1CCCN(C(=O)C2CC2)C1)c1ccccc1. The van der Waals surface area contributed by atoms with Gasteiger partial charge in [0.1, 0.15) is 0 Å². The molecular weight excluding hydrogens is 300 g/mol. The van der Waals surface area contributed by atoms with Gasteiger partial charge in [0.2, 0.25) is 11.8 Å². The highest BCUT2D eigenvalue weighted by molar-refractivity contribution is 5.83. The van der Waals surface area contributed by atoms with Gasteiger partial charge >= 0.3 is 0 Å². The Bertz CT molecular complexity index is 568. The molecule has 4 heteroatoms. The van der Waals surface area contributed by atoms with Crippen LogP contribution in [0.2, 0.25) is 0 Å². The van der Waals surface area contributed by atoms with Crippen LogP contribution in [0.4, 0.5) is 0 Å². The number of hydrogen-bond acceptors (Lipinski definition) is 2. The summed E-state index contributed by atoms with van der Waals surface area (Å²) in [6, 6.07) is 10.3. The number of carbonyl (C=O) groups excluding carboxylic acids is 2. The molecule has 1 aromatic rings. The Morgan fingerprint density at radius 1 is 1.17 bits per heavy atom. The van der Waals surface area contributed by atoms with E-state index in [4.69, 9.17) is 0 Å². The molecule has 2 fully saturated rings. The van der Waals surface area contributed by atoms with Gasteiger partial charge in [-0.1, -0.05) is 37.3 Å². The van der Waals surface area contributed by atoms with Crippen molar-refractivity contribution >= 4 is 11.8 Å². The summed E-state index contributed by atoms with van der Waals surface area (Å²) in [6.45, 7) is 4.25. The van der Waals surface area contributed by atoms with E-state index in [2.05, 4.69) is 24.4 Å². The smallest absolute Gasteiger partial charge is 0.225 e. The Morgan fingerprint density at radius 3 is 2.58 bits per heavy atom. The first-order valence-electron chi connectivity index (χ1n) is 9.30. The molecule has 1 heterocycles. The summed E-state index contributed by atoms with van der Waals surface area (Å²) in [5.74, 6) is 0.924. The average Bonchev–Trinajstić information content (AvgIpc) is 3.47. The Balaban J connectivity index is 1.51. The van der Waals surface area contributed by atoms with Gasteiger partial charge in [0.05, 0.1) is 5.92 Å². The van der Waals surface area contributed by atoms with Crippen molar-refractivity contribution in [1.29, 1.82) is 0 Å². The van der Waals surface area contributed by atoms with Gasteiger partial charge in [0.15, 0.2) is 0 Å². The highest BCUT2D eigenvalue weighted by Gasteiger charge is 2.36. The molecule has 1 N–H and O–H groups in total. The minimum Gasteiger partial charge on any atom is -0.355 e. The highest BCUT2D eigenvalue weighted by atomic mass is 16.2. The molecule has 1 aliphatic carbocycles. The van der Waals surface area contributed by atoms with E-state index >= 15 is 0 Å². The lowest BCUT2D eigenvalue weighted by atomic mass is 9.94. The van der Waals surface area contributed by atoms with E-state index in [1.807, 2.05) is 23.1 Å². The molecule has 0 spiro atoms. The van der Waals surface area contributed by atoms with E-state index in [9.17, 15) is 9.59 Å². The first-order chi connectivity index (χ1) is 11.7. The van der Waals surface area contributed by atoms with E-state index in [1.54, 1.807) is 0 Å². The summed E-state index contributed by atoms with van der Waals surface area (Å²) >= 11 is 0. The number of likely N-dealkylation sites (tertiary alicyclic amines) is 1. The Hall–Kier alpha value is -1.84. The van der Waals surface area contributed by atoms with Crippen LogP contribution >= 0.6 is 0 Å². The van der Waals surface area contributed by atoms with Crippen LogP contribution in [0.25, 0.3) is 0 Å². The fourth-order valence-corrected chi connectivity index (χ4v) is 3.57. The quantitative estimate of drug-likeness (QED) is 0.873. The standard InChI is InChI=1S/C20H28N2O2/c1-2-15(16-7-4-3-5-8-16)13-21-19(23)18-9-6-12-22(14-18)20(24)17-10-11-17/h3-5,7-8,15,17-18H,2,6,9-14H2,1H3,(H,21,23). The Kier molecular flexibility index (Phi) is 5.54. The number of rotatable bonds is 6. The van der Waals surface area contributed by atoms with Crippen molar-refractivity contribution in [3.63, 3.8) is 0 Å². The lowest BCUT2D eigenvalue weighted by Gasteiger charge is -2.32. The number of amides is 2. The minimum absolute atomic E-state index is 0.0465. The average molecular weight is 328 g/mol. The second-order valence-electron chi connectivity index (χ2n) is 7.16. The predicted molar refractivity (Wildman–Crippen MR) is 94.5 cm³/mol. The molecule has 0 bridgehead atoms. The van der Waals surface area contributed by atoms with Crippen LogP contribution in [0.15, 0.2) is 30.3 Å². The molecule has 2 atom stereocenters. The number of hydrogen-bond donors (Lipinski definition) is 1. The summed E-state index contributed by atoms with van der Waals surface area (Å²) in [7, 11) is 0. The number of piperidine rings is 1. The third-order valence-electron chi connectivity index (χ3n) is 5.32. The molecule has 1 saturated carbocycles. The summed E-state index contributed by atoms with van der Waals surface area (Å²) in [5.41, 5.74) is 1.27. The fraction of sp³-hybridized carbons (Fsp3) is 0.600. The molecule has 0 aromatic heterocycles. The maximum absolute atomic E-state index is 12.6. The number of nitrogens with zero attached hydrogens (tertiary/aromatic N) is 1. The Morgan fingerprint density at radius 2 is 1.92 bits per heavy atom. The normalized spacial score (nSPS) is 22.0. The van der Waals surface area contributed by atoms with Crippen LogP contribution in [0, 0.1) is 11.8 Å². The van der Waals surface area contributed by atoms with Crippen molar-refractivity contribution in [3.8, 4) is 0 Å². The summed E-state index contributed by atoms with van der Waals surface area (Å²) in [6.07, 6.45) is 4.89. The van der Waals surface area contributed by atoms with Crippen LogP contribution in [-0.4, -0.2) is 36.3 Å². The predicted octanol–water partition coefficient (Wildman–Crippen LogP) is 2.95. The molecule has 1 aromatic carbocycles. The number of benzene rings is 1. The second-order valence-corrected chi connectivity index (χ2v) is 7.16. The number of carbonyl (C=O) groups is 2. The van der Waals surface area contributed by atoms with E-state index in [0.717, 1.165) is 38.6 Å². The van der Waals surface area contributed by atoms with Crippen LogP contribution in [0.3, 0.4) is 0 Å². The van der Waals surface area contributed by atoms with Crippen molar-refractivity contribution in [3.05, 3.63) is 35.9 Å². The van der Waals surface area contributed by atoms with Crippen LogP contribution < -0.4 is 5.32 Å². The molecule has 4 nitrogen and oxygen atoms in total. The van der Waals surface area contributed by atoms with Gasteiger partial charge in [-0.05, 0) is 37.7 Å². The summed E-state index contributed by atoms with van der Waals surface area (Å²) in [4.78, 5) is 26.7. The molecule has 1 saturated heterocycles. The Labute approximate surface area is 144 Å². The molecular formula is C20H28N2O2. The first kappa shape index (κ1) is 17.0. The van der Waals surface area contributed by atoms with Gasteiger partial charge in [-0.3, -0.25) is 9.59 Å². The van der Waals surface area contributed by atoms with Gasteiger partial charge in [-0.15, -0.1) is 0 Å². The molecule has 130 valence electrons. The molecule has 24 heavy (non-hydrogen) atoms. The molecule has 3 rings (SSSR count). The fourth-order valence-electron chi connectivity index (χ4n) is 3.57. The summed E-state index contributed by atoms with van der Waals surface area (Å²) in [5, 5.41) is 3.13. The molecule has 2 unspecified atom stereocenters. The highest BCUT2D eigenvalue weighted by Crippen LogP contribution is 2.32. The van der Waals surface area contributed by atoms with Crippen molar-refractivity contribution in [1.82, 2.24) is 10.2 Å². The summed E-state index contributed by atoms with van der Waals surface area (Å²) < 4.78 is 0. The van der Waals surface area contributed by atoms with Gasteiger partial charge < -0.3 is 10.2 Å². The van der Waals surface area contributed by atoms with E-state index < -0.39 is 0 Å². The lowest BCUT2D eigenvalue weighted by molar-refractivity contribution is -0.136. The largest absolute Gasteiger partial charge is 0.355 e. The van der Waals surface area contributed by atoms with Gasteiger partial charge in [-0.2, -0.15) is 0 Å². The zero-order valence-electron chi connectivity index (χ0n) is 14.5. The van der Waals surface area contributed by atoms with Gasteiger partial charge in [0.25, 0.3) is 0 Å². The topological polar surface area (TPSA) is 49.4 Å². The van der Waals surface area contributed by atoms with Crippen molar-refractivity contribution < 1.29 is 9.59 Å². The number of nitrogens with one attached hydrogen (secondary N) is 1. The third kappa shape index (κ3) is 4.16. The monoisotopic (exact) mass is 328 g/mol. The lowest BCUT2D eigenvalue weighted by Crippen LogP contribution is -2.46. The van der Waals surface area contributed by atoms with Crippen LogP contribution in [0.1, 0.15) is 50.5 Å². The molecule has 1 aliphatic heterocycles. The first-order valence-corrected chi connectivity index (χ1v) is 9.30. The van der Waals surface area contributed by atoms with E-state index in [-0.39, 0.29) is 23.7 Å². The van der Waals surface area contributed by atoms with Gasteiger partial charge in [0, 0.05) is 31.5 Å². The molecule has 2 aliphatic rings. The molecule has 2 amide bonds.